The summed E-state index contributed by atoms with van der Waals surface area (Å²) in [5.74, 6) is 0.391. The number of nitrogens with zero attached hydrogens (tertiary/aromatic N) is 2. The minimum Gasteiger partial charge on any atom is -0.455 e. The van der Waals surface area contributed by atoms with Crippen molar-refractivity contribution >= 4 is 26.5 Å². The highest BCUT2D eigenvalue weighted by atomic mass is 32.2. The number of ether oxygens (including phenoxy) is 1. The lowest BCUT2D eigenvalue weighted by atomic mass is 10.2. The predicted molar refractivity (Wildman–Crippen MR) is 127 cm³/mol. The molecule has 1 aliphatic heterocycles. The second kappa shape index (κ2) is 9.55. The fourth-order valence-electron chi connectivity index (χ4n) is 3.94. The Labute approximate surface area is 197 Å². The first-order valence-corrected chi connectivity index (χ1v) is 12.5. The van der Waals surface area contributed by atoms with Crippen LogP contribution in [0.15, 0.2) is 87.3 Å². The van der Waals surface area contributed by atoms with Crippen LogP contribution in [0.1, 0.15) is 17.6 Å². The number of morpholine rings is 1. The topological polar surface area (TPSA) is 105 Å². The first kappa shape index (κ1) is 22.5. The Kier molecular flexibility index (Phi) is 6.34. The summed E-state index contributed by atoms with van der Waals surface area (Å²) in [6.07, 6.45) is 2.26. The zero-order valence-corrected chi connectivity index (χ0v) is 19.2. The number of anilines is 1. The Bertz CT molecular complexity index is 1330. The van der Waals surface area contributed by atoms with Gasteiger partial charge < -0.3 is 19.2 Å². The van der Waals surface area contributed by atoms with E-state index in [1.807, 2.05) is 18.2 Å². The smallest absolute Gasteiger partial charge is 0.206 e. The second-order valence-corrected chi connectivity index (χ2v) is 10.0. The first-order valence-electron chi connectivity index (χ1n) is 11.0. The molecule has 0 bridgehead atoms. The summed E-state index contributed by atoms with van der Waals surface area (Å²) in [6.45, 7) is 3.28. The maximum Gasteiger partial charge on any atom is 0.206 e. The molecule has 34 heavy (non-hydrogen) atoms. The molecule has 1 atom stereocenters. The Morgan fingerprint density at radius 1 is 1.00 bits per heavy atom. The molecule has 0 amide bonds. The van der Waals surface area contributed by atoms with Crippen LogP contribution in [-0.2, 0) is 21.1 Å². The third-order valence-electron chi connectivity index (χ3n) is 5.87. The molecule has 2 N–H and O–H groups in total. The number of rotatable bonds is 7. The van der Waals surface area contributed by atoms with Gasteiger partial charge in [-0.05, 0) is 54.1 Å². The number of aliphatic hydroxyl groups is 1. The standard InChI is InChI=1S/C25H25N3O5S/c29-25(23-15-19-9-10-26-17-24(19)33-23)27-16-18-1-5-21(6-2-18)34(30,31)22-7-3-20(4-8-22)28-11-13-32-14-12-28/h1-10,15,17,25,27,29H,11-14,16H2. The normalized spacial score (nSPS) is 15.5. The summed E-state index contributed by atoms with van der Waals surface area (Å²) in [5.41, 5.74) is 2.42. The number of benzene rings is 2. The monoisotopic (exact) mass is 479 g/mol. The second-order valence-electron chi connectivity index (χ2n) is 8.09. The van der Waals surface area contributed by atoms with E-state index in [4.69, 9.17) is 9.15 Å². The van der Waals surface area contributed by atoms with Crippen molar-refractivity contribution in [3.8, 4) is 0 Å². The number of hydrogen-bond donors (Lipinski definition) is 2. The van der Waals surface area contributed by atoms with Crippen LogP contribution < -0.4 is 10.2 Å². The summed E-state index contributed by atoms with van der Waals surface area (Å²) in [6, 6.07) is 17.2. The molecule has 176 valence electrons. The van der Waals surface area contributed by atoms with Gasteiger partial charge in [0.25, 0.3) is 0 Å². The summed E-state index contributed by atoms with van der Waals surface area (Å²) < 4.78 is 37.1. The SMILES string of the molecule is O=S(=O)(c1ccc(CNC(O)c2cc3ccncc3o2)cc1)c1ccc(N2CCOCC2)cc1. The molecular weight excluding hydrogens is 454 g/mol. The lowest BCUT2D eigenvalue weighted by molar-refractivity contribution is 0.114. The van der Waals surface area contributed by atoms with Crippen LogP contribution in [0.2, 0.25) is 0 Å². The van der Waals surface area contributed by atoms with Crippen molar-refractivity contribution in [3.63, 3.8) is 0 Å². The van der Waals surface area contributed by atoms with E-state index in [1.54, 1.807) is 54.9 Å². The van der Waals surface area contributed by atoms with Crippen LogP contribution >= 0.6 is 0 Å². The summed E-state index contributed by atoms with van der Waals surface area (Å²) in [4.78, 5) is 6.66. The molecule has 0 aliphatic carbocycles. The molecule has 2 aromatic heterocycles. The van der Waals surface area contributed by atoms with Crippen molar-refractivity contribution in [2.45, 2.75) is 22.6 Å². The van der Waals surface area contributed by atoms with Crippen LogP contribution in [-0.4, -0.2) is 44.8 Å². The van der Waals surface area contributed by atoms with Gasteiger partial charge >= 0.3 is 0 Å². The molecule has 2 aromatic carbocycles. The molecule has 5 rings (SSSR count). The lowest BCUT2D eigenvalue weighted by Gasteiger charge is -2.28. The largest absolute Gasteiger partial charge is 0.455 e. The van der Waals surface area contributed by atoms with Gasteiger partial charge in [-0.15, -0.1) is 0 Å². The maximum absolute atomic E-state index is 13.1. The maximum atomic E-state index is 13.1. The number of furan rings is 1. The molecule has 1 fully saturated rings. The lowest BCUT2D eigenvalue weighted by Crippen LogP contribution is -2.36. The Hall–Kier alpha value is -3.24. The number of hydrogen-bond acceptors (Lipinski definition) is 8. The van der Waals surface area contributed by atoms with Crippen LogP contribution in [0.3, 0.4) is 0 Å². The van der Waals surface area contributed by atoms with Gasteiger partial charge in [-0.2, -0.15) is 0 Å². The van der Waals surface area contributed by atoms with Gasteiger partial charge in [0.15, 0.2) is 11.8 Å². The van der Waals surface area contributed by atoms with Crippen molar-refractivity contribution in [2.75, 3.05) is 31.2 Å². The van der Waals surface area contributed by atoms with Crippen LogP contribution in [0.25, 0.3) is 11.0 Å². The zero-order valence-electron chi connectivity index (χ0n) is 18.4. The molecule has 1 aliphatic rings. The van der Waals surface area contributed by atoms with E-state index in [0.29, 0.717) is 31.1 Å². The molecule has 1 saturated heterocycles. The number of aliphatic hydroxyl groups excluding tert-OH is 1. The molecule has 0 radical (unpaired) electrons. The van der Waals surface area contributed by atoms with Crippen LogP contribution in [0, 0.1) is 0 Å². The van der Waals surface area contributed by atoms with Crippen molar-refractivity contribution in [1.29, 1.82) is 0 Å². The number of fused-ring (bicyclic) bond motifs is 1. The zero-order chi connectivity index (χ0) is 23.5. The van der Waals surface area contributed by atoms with Crippen LogP contribution in [0.5, 0.6) is 0 Å². The Balaban J connectivity index is 1.23. The number of pyridine rings is 1. The van der Waals surface area contributed by atoms with E-state index in [0.717, 1.165) is 29.7 Å². The van der Waals surface area contributed by atoms with Gasteiger partial charge in [0, 0.05) is 36.9 Å². The fourth-order valence-corrected chi connectivity index (χ4v) is 5.20. The van der Waals surface area contributed by atoms with E-state index in [1.165, 1.54) is 0 Å². The van der Waals surface area contributed by atoms with Crippen molar-refractivity contribution in [1.82, 2.24) is 10.3 Å². The molecule has 4 aromatic rings. The van der Waals surface area contributed by atoms with E-state index >= 15 is 0 Å². The van der Waals surface area contributed by atoms with E-state index < -0.39 is 16.1 Å². The minimum atomic E-state index is -3.63. The van der Waals surface area contributed by atoms with Crippen molar-refractivity contribution in [3.05, 3.63) is 84.4 Å². The number of nitrogens with one attached hydrogen (secondary N) is 1. The van der Waals surface area contributed by atoms with E-state index in [-0.39, 0.29) is 9.79 Å². The molecule has 8 nitrogen and oxygen atoms in total. The van der Waals surface area contributed by atoms with Crippen LogP contribution in [0.4, 0.5) is 5.69 Å². The Morgan fingerprint density at radius 3 is 2.35 bits per heavy atom. The average Bonchev–Trinajstić information content (AvgIpc) is 3.33. The summed E-state index contributed by atoms with van der Waals surface area (Å²) >= 11 is 0. The number of aromatic nitrogens is 1. The van der Waals surface area contributed by atoms with Gasteiger partial charge in [-0.3, -0.25) is 10.3 Å². The van der Waals surface area contributed by atoms with Gasteiger partial charge in [0.05, 0.1) is 29.2 Å². The molecule has 0 saturated carbocycles. The predicted octanol–water partition coefficient (Wildman–Crippen LogP) is 3.28. The average molecular weight is 480 g/mol. The highest BCUT2D eigenvalue weighted by Crippen LogP contribution is 2.25. The minimum absolute atomic E-state index is 0.223. The third-order valence-corrected chi connectivity index (χ3v) is 7.65. The molecular formula is C25H25N3O5S. The highest BCUT2D eigenvalue weighted by Gasteiger charge is 2.19. The third kappa shape index (κ3) is 4.69. The first-order chi connectivity index (χ1) is 16.5. The number of sulfone groups is 1. The van der Waals surface area contributed by atoms with Gasteiger partial charge in [-0.1, -0.05) is 12.1 Å². The van der Waals surface area contributed by atoms with Gasteiger partial charge in [0.2, 0.25) is 9.84 Å². The fraction of sp³-hybridized carbons (Fsp3) is 0.240. The van der Waals surface area contributed by atoms with E-state index in [9.17, 15) is 13.5 Å². The van der Waals surface area contributed by atoms with E-state index in [2.05, 4.69) is 15.2 Å². The van der Waals surface area contributed by atoms with Crippen molar-refractivity contribution < 1.29 is 22.7 Å². The molecule has 0 spiro atoms. The molecule has 9 heteroatoms. The summed E-state index contributed by atoms with van der Waals surface area (Å²) in [5, 5.41) is 14.2. The Morgan fingerprint density at radius 2 is 1.68 bits per heavy atom. The summed E-state index contributed by atoms with van der Waals surface area (Å²) in [7, 11) is -3.63. The van der Waals surface area contributed by atoms with Gasteiger partial charge in [-0.25, -0.2) is 8.42 Å². The van der Waals surface area contributed by atoms with Crippen molar-refractivity contribution in [2.24, 2.45) is 0 Å². The molecule has 1 unspecified atom stereocenters. The van der Waals surface area contributed by atoms with Gasteiger partial charge in [0.1, 0.15) is 5.76 Å². The highest BCUT2D eigenvalue weighted by molar-refractivity contribution is 7.91. The quantitative estimate of drug-likeness (QED) is 0.389. The molecule has 3 heterocycles.